The van der Waals surface area contributed by atoms with Gasteiger partial charge in [-0.3, -0.25) is 4.79 Å². The Labute approximate surface area is 134 Å². The maximum atomic E-state index is 12.4. The van der Waals surface area contributed by atoms with E-state index in [0.717, 1.165) is 6.08 Å². The number of amides is 1. The van der Waals surface area contributed by atoms with E-state index in [0.29, 0.717) is 17.1 Å². The first-order valence-corrected chi connectivity index (χ1v) is 7.04. The number of hydrogen-bond acceptors (Lipinski definition) is 3. The van der Waals surface area contributed by atoms with Gasteiger partial charge in [-0.05, 0) is 49.4 Å². The van der Waals surface area contributed by atoms with Gasteiger partial charge in [0.05, 0.1) is 7.11 Å². The van der Waals surface area contributed by atoms with E-state index in [1.54, 1.807) is 61.2 Å². The molecule has 6 heteroatoms. The predicted molar refractivity (Wildman–Crippen MR) is 87.4 cm³/mol. The second-order valence-electron chi connectivity index (χ2n) is 4.91. The summed E-state index contributed by atoms with van der Waals surface area (Å²) in [6, 6.07) is 10.1. The van der Waals surface area contributed by atoms with Gasteiger partial charge in [-0.1, -0.05) is 0 Å². The molecule has 1 heterocycles. The highest BCUT2D eigenvalue weighted by Crippen LogP contribution is 2.18. The lowest BCUT2D eigenvalue weighted by Gasteiger charge is -2.16. The summed E-state index contributed by atoms with van der Waals surface area (Å²) in [6.07, 6.45) is 4.24. The normalized spacial score (nSPS) is 12.1. The van der Waals surface area contributed by atoms with Crippen molar-refractivity contribution in [2.75, 3.05) is 12.4 Å². The Bertz CT molecular complexity index is 716. The fraction of sp³-hybridized carbons (Fsp3) is 0.176. The molecule has 0 saturated carbocycles. The van der Waals surface area contributed by atoms with E-state index < -0.39 is 12.0 Å². The summed E-state index contributed by atoms with van der Waals surface area (Å²) in [6.45, 7) is 1.75. The molecule has 2 N–H and O–H groups in total. The quantitative estimate of drug-likeness (QED) is 0.803. The SMILES string of the molecule is COc1ccc(NC(=O)C(C)n2cccc2/C=C/C(=O)O)cc1. The predicted octanol–water partition coefficient (Wildman–Crippen LogP) is 2.79. The first-order valence-electron chi connectivity index (χ1n) is 7.04. The van der Waals surface area contributed by atoms with Crippen LogP contribution >= 0.6 is 0 Å². The molecule has 1 aromatic heterocycles. The third-order valence-electron chi connectivity index (χ3n) is 3.36. The number of anilines is 1. The Balaban J connectivity index is 2.10. The van der Waals surface area contributed by atoms with Gasteiger partial charge in [-0.15, -0.1) is 0 Å². The minimum absolute atomic E-state index is 0.198. The number of hydrogen-bond donors (Lipinski definition) is 2. The number of rotatable bonds is 6. The molecule has 1 aromatic carbocycles. The van der Waals surface area contributed by atoms with Gasteiger partial charge in [0.25, 0.3) is 0 Å². The zero-order chi connectivity index (χ0) is 16.8. The highest BCUT2D eigenvalue weighted by Gasteiger charge is 2.16. The zero-order valence-electron chi connectivity index (χ0n) is 12.9. The van der Waals surface area contributed by atoms with Crippen molar-refractivity contribution < 1.29 is 19.4 Å². The van der Waals surface area contributed by atoms with Crippen LogP contribution in [0.4, 0.5) is 5.69 Å². The van der Waals surface area contributed by atoms with Crippen LogP contribution in [0.15, 0.2) is 48.7 Å². The van der Waals surface area contributed by atoms with E-state index in [2.05, 4.69) is 5.32 Å². The average Bonchev–Trinajstić information content (AvgIpc) is 3.01. The van der Waals surface area contributed by atoms with E-state index in [4.69, 9.17) is 9.84 Å². The van der Waals surface area contributed by atoms with Crippen LogP contribution in [-0.4, -0.2) is 28.7 Å². The van der Waals surface area contributed by atoms with Gasteiger partial charge in [0, 0.05) is 23.7 Å². The molecule has 2 aromatic rings. The number of carbonyl (C=O) groups excluding carboxylic acids is 1. The first-order chi connectivity index (χ1) is 11.0. The molecule has 1 amide bonds. The third-order valence-corrected chi connectivity index (χ3v) is 3.36. The number of nitrogens with zero attached hydrogens (tertiary/aromatic N) is 1. The van der Waals surface area contributed by atoms with Crippen molar-refractivity contribution in [3.8, 4) is 5.75 Å². The second kappa shape index (κ2) is 7.31. The lowest BCUT2D eigenvalue weighted by molar-refractivity contribution is -0.131. The minimum atomic E-state index is -1.03. The first kappa shape index (κ1) is 16.4. The van der Waals surface area contributed by atoms with Crippen LogP contribution < -0.4 is 10.1 Å². The monoisotopic (exact) mass is 314 g/mol. The van der Waals surface area contributed by atoms with E-state index in [1.165, 1.54) is 6.08 Å². The molecule has 23 heavy (non-hydrogen) atoms. The molecule has 120 valence electrons. The lowest BCUT2D eigenvalue weighted by Crippen LogP contribution is -2.23. The fourth-order valence-corrected chi connectivity index (χ4v) is 2.10. The van der Waals surface area contributed by atoms with Gasteiger partial charge in [0.1, 0.15) is 11.8 Å². The average molecular weight is 314 g/mol. The molecule has 1 atom stereocenters. The molecule has 0 fully saturated rings. The Morgan fingerprint density at radius 3 is 2.57 bits per heavy atom. The summed E-state index contributed by atoms with van der Waals surface area (Å²) in [5.74, 6) is -0.521. The number of benzene rings is 1. The summed E-state index contributed by atoms with van der Waals surface area (Å²) in [5.41, 5.74) is 1.31. The van der Waals surface area contributed by atoms with Crippen molar-refractivity contribution in [2.24, 2.45) is 0 Å². The van der Waals surface area contributed by atoms with E-state index in [9.17, 15) is 9.59 Å². The molecule has 0 aliphatic rings. The highest BCUT2D eigenvalue weighted by atomic mass is 16.5. The number of nitrogens with one attached hydrogen (secondary N) is 1. The largest absolute Gasteiger partial charge is 0.497 e. The fourth-order valence-electron chi connectivity index (χ4n) is 2.10. The molecule has 6 nitrogen and oxygen atoms in total. The van der Waals surface area contributed by atoms with Crippen LogP contribution in [0.25, 0.3) is 6.08 Å². The van der Waals surface area contributed by atoms with Crippen molar-refractivity contribution in [1.29, 1.82) is 0 Å². The van der Waals surface area contributed by atoms with Crippen molar-refractivity contribution in [3.63, 3.8) is 0 Å². The van der Waals surface area contributed by atoms with Crippen LogP contribution in [-0.2, 0) is 9.59 Å². The summed E-state index contributed by atoms with van der Waals surface area (Å²) in [5, 5.41) is 11.5. The maximum Gasteiger partial charge on any atom is 0.328 e. The molecule has 0 saturated heterocycles. The van der Waals surface area contributed by atoms with Gasteiger partial charge in [-0.25, -0.2) is 4.79 Å². The highest BCUT2D eigenvalue weighted by molar-refractivity contribution is 5.93. The molecule has 2 rings (SSSR count). The third kappa shape index (κ3) is 4.23. The van der Waals surface area contributed by atoms with Crippen molar-refractivity contribution in [1.82, 2.24) is 4.57 Å². The number of aliphatic carboxylic acids is 1. The summed E-state index contributed by atoms with van der Waals surface area (Å²) < 4.78 is 6.78. The van der Waals surface area contributed by atoms with E-state index in [1.807, 2.05) is 0 Å². The van der Waals surface area contributed by atoms with Gasteiger partial charge >= 0.3 is 5.97 Å². The molecule has 0 bridgehead atoms. The Kier molecular flexibility index (Phi) is 5.19. The number of carbonyl (C=O) groups is 2. The smallest absolute Gasteiger partial charge is 0.328 e. The molecule has 0 aliphatic heterocycles. The number of methoxy groups -OCH3 is 1. The topological polar surface area (TPSA) is 80.6 Å². The van der Waals surface area contributed by atoms with Crippen molar-refractivity contribution >= 4 is 23.6 Å². The van der Waals surface area contributed by atoms with Gasteiger partial charge in [0.2, 0.25) is 5.91 Å². The molecule has 0 radical (unpaired) electrons. The standard InChI is InChI=1S/C17H18N2O4/c1-12(19-11-3-4-14(19)7-10-16(20)21)17(22)18-13-5-8-15(23-2)9-6-13/h3-12H,1-2H3,(H,18,22)(H,20,21)/b10-7+. The number of ether oxygens (including phenoxy) is 1. The molecule has 0 spiro atoms. The van der Waals surface area contributed by atoms with Crippen LogP contribution in [0.1, 0.15) is 18.7 Å². The Morgan fingerprint density at radius 2 is 1.96 bits per heavy atom. The van der Waals surface area contributed by atoms with E-state index in [-0.39, 0.29) is 5.91 Å². The second-order valence-corrected chi connectivity index (χ2v) is 4.91. The Morgan fingerprint density at radius 1 is 1.26 bits per heavy atom. The van der Waals surface area contributed by atoms with Crippen molar-refractivity contribution in [2.45, 2.75) is 13.0 Å². The van der Waals surface area contributed by atoms with Crippen LogP contribution in [0.5, 0.6) is 5.75 Å². The minimum Gasteiger partial charge on any atom is -0.497 e. The zero-order valence-corrected chi connectivity index (χ0v) is 12.9. The summed E-state index contributed by atoms with van der Waals surface area (Å²) in [7, 11) is 1.58. The molecular formula is C17H18N2O4. The van der Waals surface area contributed by atoms with Gasteiger partial charge in [-0.2, -0.15) is 0 Å². The number of aromatic nitrogens is 1. The maximum absolute atomic E-state index is 12.4. The number of carboxylic acid groups (broad SMARTS) is 1. The van der Waals surface area contributed by atoms with E-state index >= 15 is 0 Å². The molecular weight excluding hydrogens is 296 g/mol. The van der Waals surface area contributed by atoms with Gasteiger partial charge < -0.3 is 19.7 Å². The van der Waals surface area contributed by atoms with Crippen LogP contribution in [0, 0.1) is 0 Å². The van der Waals surface area contributed by atoms with Gasteiger partial charge in [0.15, 0.2) is 0 Å². The van der Waals surface area contributed by atoms with Crippen LogP contribution in [0.3, 0.4) is 0 Å². The molecule has 1 unspecified atom stereocenters. The molecule has 0 aliphatic carbocycles. The summed E-state index contributed by atoms with van der Waals surface area (Å²) >= 11 is 0. The number of carboxylic acids is 1. The summed E-state index contributed by atoms with van der Waals surface area (Å²) in [4.78, 5) is 23.0. The lowest BCUT2D eigenvalue weighted by atomic mass is 10.2. The van der Waals surface area contributed by atoms with Crippen LogP contribution in [0.2, 0.25) is 0 Å². The Hall–Kier alpha value is -3.02. The van der Waals surface area contributed by atoms with Crippen molar-refractivity contribution in [3.05, 3.63) is 54.4 Å².